The molecule has 2 atom stereocenters. The first-order valence-corrected chi connectivity index (χ1v) is 7.45. The molecular formula is C18H18FNO2. The van der Waals surface area contributed by atoms with Crippen molar-refractivity contribution in [3.8, 4) is 0 Å². The molecule has 1 aliphatic rings. The van der Waals surface area contributed by atoms with Crippen molar-refractivity contribution in [3.63, 3.8) is 0 Å². The number of nitrogens with zero attached hydrogens (tertiary/aromatic N) is 1. The molecular weight excluding hydrogens is 281 g/mol. The quantitative estimate of drug-likeness (QED) is 0.861. The fraction of sp³-hybridized carbons (Fsp3) is 0.278. The number of anilines is 1. The van der Waals surface area contributed by atoms with Crippen molar-refractivity contribution in [1.29, 1.82) is 0 Å². The van der Waals surface area contributed by atoms with E-state index in [1.165, 1.54) is 12.1 Å². The van der Waals surface area contributed by atoms with E-state index < -0.39 is 6.10 Å². The van der Waals surface area contributed by atoms with Gasteiger partial charge in [-0.3, -0.25) is 4.79 Å². The van der Waals surface area contributed by atoms with E-state index in [-0.39, 0.29) is 17.6 Å². The Morgan fingerprint density at radius 2 is 1.82 bits per heavy atom. The average molecular weight is 299 g/mol. The van der Waals surface area contributed by atoms with Crippen LogP contribution in [-0.2, 0) is 4.79 Å². The highest BCUT2D eigenvalue weighted by Gasteiger charge is 2.37. The number of hydrogen-bond acceptors (Lipinski definition) is 2. The van der Waals surface area contributed by atoms with Gasteiger partial charge in [-0.2, -0.15) is 0 Å². The maximum absolute atomic E-state index is 12.9. The number of benzene rings is 2. The van der Waals surface area contributed by atoms with E-state index in [1.807, 2.05) is 30.3 Å². The fourth-order valence-electron chi connectivity index (χ4n) is 2.76. The first-order valence-electron chi connectivity index (χ1n) is 7.45. The molecule has 0 aromatic heterocycles. The summed E-state index contributed by atoms with van der Waals surface area (Å²) in [5.74, 6) is -0.239. The number of carbonyl (C=O) groups is 1. The van der Waals surface area contributed by atoms with Crippen LogP contribution in [0.3, 0.4) is 0 Å². The second kappa shape index (κ2) is 6.28. The zero-order valence-corrected chi connectivity index (χ0v) is 12.2. The molecule has 2 unspecified atom stereocenters. The van der Waals surface area contributed by atoms with Crippen molar-refractivity contribution >= 4 is 11.6 Å². The molecule has 1 heterocycles. The number of halogens is 1. The molecule has 3 nitrogen and oxygen atoms in total. The van der Waals surface area contributed by atoms with E-state index in [1.54, 1.807) is 17.0 Å². The third kappa shape index (κ3) is 3.02. The Labute approximate surface area is 129 Å². The summed E-state index contributed by atoms with van der Waals surface area (Å²) in [6, 6.07) is 15.4. The summed E-state index contributed by atoms with van der Waals surface area (Å²) < 4.78 is 12.9. The van der Waals surface area contributed by atoms with Crippen LogP contribution in [0.5, 0.6) is 0 Å². The molecule has 0 radical (unpaired) electrons. The molecule has 3 rings (SSSR count). The molecule has 4 heteroatoms. The molecule has 0 spiro atoms. The lowest BCUT2D eigenvalue weighted by Crippen LogP contribution is -2.52. The summed E-state index contributed by atoms with van der Waals surface area (Å²) in [4.78, 5) is 13.9. The Morgan fingerprint density at radius 1 is 1.14 bits per heavy atom. The number of rotatable bonds is 5. The number of hydrogen-bond donors (Lipinski definition) is 1. The minimum absolute atomic E-state index is 0.0321. The van der Waals surface area contributed by atoms with Crippen LogP contribution in [0.4, 0.5) is 10.1 Å². The first-order chi connectivity index (χ1) is 10.6. The van der Waals surface area contributed by atoms with Gasteiger partial charge >= 0.3 is 0 Å². The van der Waals surface area contributed by atoms with Gasteiger partial charge < -0.3 is 10.0 Å². The molecule has 2 aromatic carbocycles. The largest absolute Gasteiger partial charge is 0.388 e. The Balaban J connectivity index is 1.51. The first kappa shape index (κ1) is 14.7. The molecule has 1 saturated heterocycles. The lowest BCUT2D eigenvalue weighted by molar-refractivity contribution is -0.127. The standard InChI is InChI=1S/C18H18FNO2/c19-15-9-6-13(7-10-15)17(21)11-8-14-12-20(18(14)22)16-4-2-1-3-5-16/h1-7,9-10,14,17,21H,8,11-12H2. The van der Waals surface area contributed by atoms with Crippen molar-refractivity contribution in [2.75, 3.05) is 11.4 Å². The van der Waals surface area contributed by atoms with Crippen LogP contribution >= 0.6 is 0 Å². The predicted molar refractivity (Wildman–Crippen MR) is 82.9 cm³/mol. The topological polar surface area (TPSA) is 40.5 Å². The summed E-state index contributed by atoms with van der Waals surface area (Å²) >= 11 is 0. The number of aliphatic hydroxyl groups excluding tert-OH is 1. The third-order valence-electron chi connectivity index (χ3n) is 4.13. The monoisotopic (exact) mass is 299 g/mol. The highest BCUT2D eigenvalue weighted by atomic mass is 19.1. The molecule has 22 heavy (non-hydrogen) atoms. The van der Waals surface area contributed by atoms with Gasteiger partial charge in [-0.05, 0) is 42.7 Å². The zero-order chi connectivity index (χ0) is 15.5. The molecule has 1 fully saturated rings. The van der Waals surface area contributed by atoms with Crippen LogP contribution in [0.1, 0.15) is 24.5 Å². The van der Waals surface area contributed by atoms with Gasteiger partial charge in [-0.15, -0.1) is 0 Å². The average Bonchev–Trinajstić information content (AvgIpc) is 2.55. The zero-order valence-electron chi connectivity index (χ0n) is 12.2. The van der Waals surface area contributed by atoms with Crippen LogP contribution in [0.2, 0.25) is 0 Å². The van der Waals surface area contributed by atoms with Gasteiger partial charge in [0.1, 0.15) is 5.82 Å². The molecule has 1 N–H and O–H groups in total. The van der Waals surface area contributed by atoms with Crippen LogP contribution in [0.15, 0.2) is 54.6 Å². The summed E-state index contributed by atoms with van der Waals surface area (Å²) in [5.41, 5.74) is 1.61. The van der Waals surface area contributed by atoms with Crippen molar-refractivity contribution in [3.05, 3.63) is 66.0 Å². The van der Waals surface area contributed by atoms with Crippen molar-refractivity contribution < 1.29 is 14.3 Å². The van der Waals surface area contributed by atoms with Crippen LogP contribution in [-0.4, -0.2) is 17.6 Å². The number of amides is 1. The Morgan fingerprint density at radius 3 is 2.45 bits per heavy atom. The minimum Gasteiger partial charge on any atom is -0.388 e. The van der Waals surface area contributed by atoms with Crippen molar-refractivity contribution in [1.82, 2.24) is 0 Å². The van der Waals surface area contributed by atoms with Crippen molar-refractivity contribution in [2.45, 2.75) is 18.9 Å². The Kier molecular flexibility index (Phi) is 4.20. The fourth-order valence-corrected chi connectivity index (χ4v) is 2.76. The predicted octanol–water partition coefficient (Wildman–Crippen LogP) is 3.30. The number of aliphatic hydroxyl groups is 1. The summed E-state index contributed by atoms with van der Waals surface area (Å²) in [6.45, 7) is 0.693. The van der Waals surface area contributed by atoms with E-state index in [9.17, 15) is 14.3 Å². The number of β-lactam (4-membered cyclic amide) rings is 1. The van der Waals surface area contributed by atoms with E-state index in [2.05, 4.69) is 0 Å². The maximum Gasteiger partial charge on any atom is 0.231 e. The van der Waals surface area contributed by atoms with Gasteiger partial charge in [-0.25, -0.2) is 4.39 Å². The SMILES string of the molecule is O=C1C(CCC(O)c2ccc(F)cc2)CN1c1ccccc1. The van der Waals surface area contributed by atoms with Gasteiger partial charge in [0.25, 0.3) is 0 Å². The lowest BCUT2D eigenvalue weighted by Gasteiger charge is -2.38. The molecule has 2 aromatic rings. The van der Waals surface area contributed by atoms with E-state index in [0.29, 0.717) is 24.9 Å². The third-order valence-corrected chi connectivity index (χ3v) is 4.13. The molecule has 1 amide bonds. The van der Waals surface area contributed by atoms with Gasteiger partial charge in [0, 0.05) is 12.2 Å². The van der Waals surface area contributed by atoms with Crippen LogP contribution < -0.4 is 4.90 Å². The number of para-hydroxylation sites is 1. The smallest absolute Gasteiger partial charge is 0.231 e. The van der Waals surface area contributed by atoms with Gasteiger partial charge in [0.2, 0.25) is 5.91 Å². The Bertz CT molecular complexity index is 642. The molecule has 0 saturated carbocycles. The molecule has 1 aliphatic heterocycles. The van der Waals surface area contributed by atoms with Gasteiger partial charge in [0.05, 0.1) is 12.0 Å². The van der Waals surface area contributed by atoms with E-state index >= 15 is 0 Å². The maximum atomic E-state index is 12.9. The second-order valence-electron chi connectivity index (χ2n) is 5.63. The minimum atomic E-state index is -0.654. The number of carbonyl (C=O) groups excluding carboxylic acids is 1. The van der Waals surface area contributed by atoms with Crippen molar-refractivity contribution in [2.24, 2.45) is 5.92 Å². The Hall–Kier alpha value is -2.20. The summed E-state index contributed by atoms with van der Waals surface area (Å²) in [7, 11) is 0. The highest BCUT2D eigenvalue weighted by Crippen LogP contribution is 2.31. The summed E-state index contributed by atoms with van der Waals surface area (Å²) in [6.07, 6.45) is 0.491. The van der Waals surface area contributed by atoms with Crippen LogP contribution in [0.25, 0.3) is 0 Å². The summed E-state index contributed by atoms with van der Waals surface area (Å²) in [5, 5.41) is 10.1. The van der Waals surface area contributed by atoms with Crippen LogP contribution in [0, 0.1) is 11.7 Å². The molecule has 114 valence electrons. The highest BCUT2D eigenvalue weighted by molar-refractivity contribution is 6.01. The van der Waals surface area contributed by atoms with E-state index in [0.717, 1.165) is 5.69 Å². The molecule has 0 aliphatic carbocycles. The van der Waals surface area contributed by atoms with Gasteiger partial charge in [-0.1, -0.05) is 30.3 Å². The lowest BCUT2D eigenvalue weighted by atomic mass is 9.90. The van der Waals surface area contributed by atoms with Gasteiger partial charge in [0.15, 0.2) is 0 Å². The van der Waals surface area contributed by atoms with E-state index in [4.69, 9.17) is 0 Å². The second-order valence-corrected chi connectivity index (χ2v) is 5.63. The normalized spacial score (nSPS) is 18.9. The molecule has 0 bridgehead atoms.